The lowest BCUT2D eigenvalue weighted by molar-refractivity contribution is 0.200. The molecule has 2 aromatic heterocycles. The van der Waals surface area contributed by atoms with Crippen LogP contribution < -0.4 is 15.5 Å². The standard InChI is InChI=1S/C22H31ClN6O2S/c1-14(24)22(2)4-7-28(8-5-22)20-16(13-31)27-18(9-26-20)32-17-3-6-25-21(19(17)23)29-10-15(11-29)12-30/h3,6,9,14-15,30-31H,4-5,7-8,10-13,24H2,1-2H3. The van der Waals surface area contributed by atoms with Crippen molar-refractivity contribution in [2.45, 2.75) is 49.3 Å². The largest absolute Gasteiger partial charge is 0.396 e. The maximum atomic E-state index is 9.97. The fourth-order valence-electron chi connectivity index (χ4n) is 4.19. The van der Waals surface area contributed by atoms with Gasteiger partial charge in [-0.25, -0.2) is 15.0 Å². The highest BCUT2D eigenvalue weighted by atomic mass is 35.5. The molecule has 2 saturated heterocycles. The zero-order chi connectivity index (χ0) is 22.9. The zero-order valence-corrected chi connectivity index (χ0v) is 20.1. The number of anilines is 2. The Kier molecular flexibility index (Phi) is 7.11. The van der Waals surface area contributed by atoms with E-state index in [1.54, 1.807) is 12.4 Å². The third-order valence-electron chi connectivity index (χ3n) is 6.82. The summed E-state index contributed by atoms with van der Waals surface area (Å²) in [5, 5.41) is 20.5. The number of halogens is 1. The molecular formula is C22H31ClN6O2S. The van der Waals surface area contributed by atoms with E-state index in [0.29, 0.717) is 15.7 Å². The zero-order valence-electron chi connectivity index (χ0n) is 18.5. The van der Waals surface area contributed by atoms with Crippen LogP contribution in [0.1, 0.15) is 32.4 Å². The van der Waals surface area contributed by atoms with Gasteiger partial charge < -0.3 is 25.7 Å². The predicted octanol–water partition coefficient (Wildman–Crippen LogP) is 2.55. The number of hydrogen-bond acceptors (Lipinski definition) is 9. The molecule has 0 bridgehead atoms. The normalized spacial score (nSPS) is 19.7. The van der Waals surface area contributed by atoms with Crippen LogP contribution in [0, 0.1) is 11.3 Å². The topological polar surface area (TPSA) is 112 Å². The molecule has 10 heteroatoms. The van der Waals surface area contributed by atoms with Crippen LogP contribution in [0.15, 0.2) is 28.4 Å². The molecule has 4 rings (SSSR count). The molecule has 0 aromatic carbocycles. The molecule has 0 aliphatic carbocycles. The Bertz CT molecular complexity index is 948. The Morgan fingerprint density at radius 2 is 1.94 bits per heavy atom. The lowest BCUT2D eigenvalue weighted by Crippen LogP contribution is -2.48. The SMILES string of the molecule is CC(N)C1(C)CCN(c2ncc(Sc3ccnc(N4CC(CO)C4)c3Cl)nc2CO)CC1. The number of aliphatic hydroxyl groups is 2. The quantitative estimate of drug-likeness (QED) is 0.552. The summed E-state index contributed by atoms with van der Waals surface area (Å²) in [4.78, 5) is 18.8. The summed E-state index contributed by atoms with van der Waals surface area (Å²) in [6.07, 6.45) is 5.43. The highest BCUT2D eigenvalue weighted by Gasteiger charge is 2.34. The van der Waals surface area contributed by atoms with Crippen molar-refractivity contribution in [1.29, 1.82) is 0 Å². The van der Waals surface area contributed by atoms with E-state index in [0.717, 1.165) is 55.6 Å². The van der Waals surface area contributed by atoms with Crippen molar-refractivity contribution < 1.29 is 10.2 Å². The van der Waals surface area contributed by atoms with Crippen LogP contribution in [-0.4, -0.2) is 64.0 Å². The van der Waals surface area contributed by atoms with Crippen molar-refractivity contribution in [3.8, 4) is 0 Å². The van der Waals surface area contributed by atoms with E-state index in [2.05, 4.69) is 38.6 Å². The van der Waals surface area contributed by atoms with E-state index in [1.807, 2.05) is 6.07 Å². The smallest absolute Gasteiger partial charge is 0.152 e. The summed E-state index contributed by atoms with van der Waals surface area (Å²) < 4.78 is 0. The molecule has 2 aliphatic rings. The van der Waals surface area contributed by atoms with Gasteiger partial charge in [0.15, 0.2) is 5.82 Å². The van der Waals surface area contributed by atoms with Gasteiger partial charge in [-0.05, 0) is 31.2 Å². The Morgan fingerprint density at radius 1 is 1.22 bits per heavy atom. The van der Waals surface area contributed by atoms with E-state index < -0.39 is 0 Å². The number of nitrogens with two attached hydrogens (primary N) is 1. The van der Waals surface area contributed by atoms with Gasteiger partial charge in [-0.15, -0.1) is 0 Å². The highest BCUT2D eigenvalue weighted by Crippen LogP contribution is 2.40. The molecule has 32 heavy (non-hydrogen) atoms. The Balaban J connectivity index is 1.48. The lowest BCUT2D eigenvalue weighted by Gasteiger charge is -2.42. The molecule has 1 atom stereocenters. The van der Waals surface area contributed by atoms with Crippen LogP contribution in [0.4, 0.5) is 11.6 Å². The number of piperidine rings is 1. The van der Waals surface area contributed by atoms with Gasteiger partial charge in [0.05, 0.1) is 17.8 Å². The van der Waals surface area contributed by atoms with Crippen molar-refractivity contribution in [3.63, 3.8) is 0 Å². The van der Waals surface area contributed by atoms with Gasteiger partial charge >= 0.3 is 0 Å². The van der Waals surface area contributed by atoms with Crippen molar-refractivity contribution in [2.24, 2.45) is 17.1 Å². The molecule has 2 fully saturated rings. The number of aliphatic hydroxyl groups excluding tert-OH is 2. The number of hydrogen-bond donors (Lipinski definition) is 3. The van der Waals surface area contributed by atoms with Crippen molar-refractivity contribution >= 4 is 35.0 Å². The number of nitrogens with zero attached hydrogens (tertiary/aromatic N) is 5. The van der Waals surface area contributed by atoms with Gasteiger partial charge in [0, 0.05) is 55.8 Å². The molecule has 4 heterocycles. The van der Waals surface area contributed by atoms with Gasteiger partial charge in [0.1, 0.15) is 16.5 Å². The monoisotopic (exact) mass is 478 g/mol. The molecule has 4 N–H and O–H groups in total. The molecule has 0 saturated carbocycles. The fraction of sp³-hybridized carbons (Fsp3) is 0.591. The first kappa shape index (κ1) is 23.5. The molecule has 2 aliphatic heterocycles. The second-order valence-corrected chi connectivity index (χ2v) is 10.5. The minimum absolute atomic E-state index is 0.128. The fourth-order valence-corrected chi connectivity index (χ4v) is 5.34. The number of aromatic nitrogens is 3. The maximum absolute atomic E-state index is 9.97. The molecule has 1 unspecified atom stereocenters. The van der Waals surface area contributed by atoms with Gasteiger partial charge in [-0.3, -0.25) is 0 Å². The van der Waals surface area contributed by atoms with Crippen LogP contribution >= 0.6 is 23.4 Å². The van der Waals surface area contributed by atoms with E-state index >= 15 is 0 Å². The van der Waals surface area contributed by atoms with E-state index in [-0.39, 0.29) is 30.6 Å². The van der Waals surface area contributed by atoms with Crippen LogP contribution in [0.5, 0.6) is 0 Å². The summed E-state index contributed by atoms with van der Waals surface area (Å²) in [5.74, 6) is 1.73. The molecule has 0 spiro atoms. The first-order chi connectivity index (χ1) is 15.3. The summed E-state index contributed by atoms with van der Waals surface area (Å²) in [6.45, 7) is 7.50. The summed E-state index contributed by atoms with van der Waals surface area (Å²) in [5.41, 5.74) is 6.88. The molecular weight excluding hydrogens is 448 g/mol. The van der Waals surface area contributed by atoms with Gasteiger partial charge in [0.25, 0.3) is 0 Å². The number of pyridine rings is 1. The van der Waals surface area contributed by atoms with E-state index in [9.17, 15) is 10.2 Å². The molecule has 0 radical (unpaired) electrons. The van der Waals surface area contributed by atoms with Gasteiger partial charge in [0.2, 0.25) is 0 Å². The Morgan fingerprint density at radius 3 is 2.56 bits per heavy atom. The first-order valence-corrected chi connectivity index (χ1v) is 12.2. The highest BCUT2D eigenvalue weighted by molar-refractivity contribution is 7.99. The lowest BCUT2D eigenvalue weighted by atomic mass is 9.75. The van der Waals surface area contributed by atoms with Crippen molar-refractivity contribution in [2.75, 3.05) is 42.6 Å². The molecule has 2 aromatic rings. The predicted molar refractivity (Wildman–Crippen MR) is 127 cm³/mol. The number of rotatable bonds is 7. The Labute approximate surface area is 198 Å². The average molecular weight is 479 g/mol. The summed E-state index contributed by atoms with van der Waals surface area (Å²) in [6, 6.07) is 2.00. The minimum Gasteiger partial charge on any atom is -0.396 e. The second kappa shape index (κ2) is 9.69. The maximum Gasteiger partial charge on any atom is 0.152 e. The third-order valence-corrected chi connectivity index (χ3v) is 8.27. The Hall–Kier alpha value is -1.65. The average Bonchev–Trinajstić information content (AvgIpc) is 2.76. The minimum atomic E-state index is -0.177. The van der Waals surface area contributed by atoms with Gasteiger partial charge in [-0.2, -0.15) is 0 Å². The van der Waals surface area contributed by atoms with Crippen LogP contribution in [0.2, 0.25) is 5.02 Å². The van der Waals surface area contributed by atoms with Crippen molar-refractivity contribution in [3.05, 3.63) is 29.2 Å². The second-order valence-electron chi connectivity index (χ2n) is 9.07. The summed E-state index contributed by atoms with van der Waals surface area (Å²) >= 11 is 8.04. The van der Waals surface area contributed by atoms with E-state index in [1.165, 1.54) is 11.8 Å². The third kappa shape index (κ3) is 4.68. The summed E-state index contributed by atoms with van der Waals surface area (Å²) in [7, 11) is 0. The van der Waals surface area contributed by atoms with Crippen molar-refractivity contribution in [1.82, 2.24) is 15.0 Å². The molecule has 8 nitrogen and oxygen atoms in total. The van der Waals surface area contributed by atoms with Crippen LogP contribution in [0.25, 0.3) is 0 Å². The van der Waals surface area contributed by atoms with E-state index in [4.69, 9.17) is 17.3 Å². The van der Waals surface area contributed by atoms with Crippen LogP contribution in [0.3, 0.4) is 0 Å². The molecule has 174 valence electrons. The van der Waals surface area contributed by atoms with Gasteiger partial charge in [-0.1, -0.05) is 30.3 Å². The first-order valence-electron chi connectivity index (χ1n) is 11.0. The van der Waals surface area contributed by atoms with Crippen LogP contribution in [-0.2, 0) is 6.61 Å². The molecule has 0 amide bonds.